The Morgan fingerprint density at radius 2 is 1.83 bits per heavy atom. The molecule has 1 atom stereocenters. The molecule has 1 heterocycles. The van der Waals surface area contributed by atoms with Gasteiger partial charge >= 0.3 is 0 Å². The molecular weight excluding hydrogens is 222 g/mol. The normalized spacial score (nSPS) is 17.7. The van der Waals surface area contributed by atoms with Gasteiger partial charge in [-0.3, -0.25) is 0 Å². The second kappa shape index (κ2) is 4.73. The minimum absolute atomic E-state index is 0.408. The maximum absolute atomic E-state index is 5.19. The van der Waals surface area contributed by atoms with Crippen LogP contribution in [0.5, 0.6) is 5.75 Å². The number of methoxy groups -OCH3 is 1. The third-order valence-electron chi connectivity index (χ3n) is 3.57. The Morgan fingerprint density at radius 1 is 1.06 bits per heavy atom. The number of ether oxygens (including phenoxy) is 1. The van der Waals surface area contributed by atoms with Crippen LogP contribution in [0.15, 0.2) is 48.5 Å². The Labute approximate surface area is 108 Å². The molecule has 0 bridgehead atoms. The van der Waals surface area contributed by atoms with Crippen LogP contribution in [0.3, 0.4) is 0 Å². The van der Waals surface area contributed by atoms with E-state index in [0.29, 0.717) is 6.04 Å². The summed E-state index contributed by atoms with van der Waals surface area (Å²) in [7, 11) is 1.70. The highest BCUT2D eigenvalue weighted by molar-refractivity contribution is 5.55. The molecule has 0 aromatic heterocycles. The van der Waals surface area contributed by atoms with Crippen molar-refractivity contribution in [1.82, 2.24) is 0 Å². The summed E-state index contributed by atoms with van der Waals surface area (Å²) in [6.07, 6.45) is 2.28. The van der Waals surface area contributed by atoms with Gasteiger partial charge in [0.2, 0.25) is 0 Å². The van der Waals surface area contributed by atoms with Gasteiger partial charge in [-0.05, 0) is 42.2 Å². The van der Waals surface area contributed by atoms with Crippen LogP contribution in [0, 0.1) is 0 Å². The van der Waals surface area contributed by atoms with Crippen LogP contribution in [0.4, 0.5) is 5.69 Å². The molecule has 0 amide bonds. The fourth-order valence-electron chi connectivity index (χ4n) is 2.53. The number of para-hydroxylation sites is 1. The van der Waals surface area contributed by atoms with E-state index in [2.05, 4.69) is 41.7 Å². The molecule has 2 heteroatoms. The highest BCUT2D eigenvalue weighted by Crippen LogP contribution is 2.32. The summed E-state index contributed by atoms with van der Waals surface area (Å²) in [4.78, 5) is 0. The van der Waals surface area contributed by atoms with Crippen molar-refractivity contribution >= 4 is 5.69 Å². The van der Waals surface area contributed by atoms with Crippen LogP contribution >= 0.6 is 0 Å². The van der Waals surface area contributed by atoms with Gasteiger partial charge in [0.05, 0.1) is 13.2 Å². The van der Waals surface area contributed by atoms with Gasteiger partial charge in [0.25, 0.3) is 0 Å². The minimum atomic E-state index is 0.408. The highest BCUT2D eigenvalue weighted by Gasteiger charge is 2.18. The number of hydrogen-bond acceptors (Lipinski definition) is 2. The monoisotopic (exact) mass is 239 g/mol. The van der Waals surface area contributed by atoms with Crippen molar-refractivity contribution in [1.29, 1.82) is 0 Å². The summed E-state index contributed by atoms with van der Waals surface area (Å²) in [6.45, 7) is 0. The number of anilines is 1. The molecule has 2 aromatic carbocycles. The van der Waals surface area contributed by atoms with Crippen LogP contribution in [0.25, 0.3) is 0 Å². The summed E-state index contributed by atoms with van der Waals surface area (Å²) < 4.78 is 5.19. The van der Waals surface area contributed by atoms with Crippen molar-refractivity contribution in [3.8, 4) is 5.75 Å². The molecule has 0 unspecified atom stereocenters. The Morgan fingerprint density at radius 3 is 2.61 bits per heavy atom. The number of aryl methyl sites for hydroxylation is 1. The Hall–Kier alpha value is -1.96. The van der Waals surface area contributed by atoms with Crippen LogP contribution in [-0.4, -0.2) is 7.11 Å². The fraction of sp³-hybridized carbons (Fsp3) is 0.250. The Balaban J connectivity index is 1.82. The first-order valence-electron chi connectivity index (χ1n) is 6.35. The van der Waals surface area contributed by atoms with E-state index in [4.69, 9.17) is 4.74 Å². The summed E-state index contributed by atoms with van der Waals surface area (Å²) >= 11 is 0. The van der Waals surface area contributed by atoms with E-state index in [0.717, 1.165) is 18.6 Å². The highest BCUT2D eigenvalue weighted by atomic mass is 16.5. The topological polar surface area (TPSA) is 21.3 Å². The largest absolute Gasteiger partial charge is 0.497 e. The Kier molecular flexibility index (Phi) is 2.93. The van der Waals surface area contributed by atoms with Gasteiger partial charge in [0, 0.05) is 5.69 Å². The lowest BCUT2D eigenvalue weighted by atomic mass is 9.93. The lowest BCUT2D eigenvalue weighted by Crippen LogP contribution is -2.17. The van der Waals surface area contributed by atoms with Crippen molar-refractivity contribution in [2.24, 2.45) is 0 Å². The summed E-state index contributed by atoms with van der Waals surface area (Å²) in [5, 5.41) is 3.61. The van der Waals surface area contributed by atoms with E-state index in [1.165, 1.54) is 16.8 Å². The third-order valence-corrected chi connectivity index (χ3v) is 3.57. The molecule has 0 radical (unpaired) electrons. The van der Waals surface area contributed by atoms with Gasteiger partial charge in [-0.25, -0.2) is 0 Å². The molecule has 0 fully saturated rings. The predicted octanol–water partition coefficient (Wildman–Crippen LogP) is 3.79. The second-order valence-electron chi connectivity index (χ2n) is 4.67. The first-order chi connectivity index (χ1) is 8.86. The molecule has 1 aliphatic rings. The third kappa shape index (κ3) is 2.06. The minimum Gasteiger partial charge on any atom is -0.497 e. The molecule has 3 rings (SSSR count). The van der Waals surface area contributed by atoms with Crippen molar-refractivity contribution in [2.45, 2.75) is 18.9 Å². The molecule has 2 aromatic rings. The van der Waals surface area contributed by atoms with Crippen molar-refractivity contribution in [3.63, 3.8) is 0 Å². The van der Waals surface area contributed by atoms with Crippen LogP contribution in [-0.2, 0) is 6.42 Å². The molecule has 0 saturated heterocycles. The molecule has 2 nitrogen and oxygen atoms in total. The zero-order chi connectivity index (χ0) is 12.4. The van der Waals surface area contributed by atoms with Gasteiger partial charge in [0.15, 0.2) is 0 Å². The Bertz CT molecular complexity index is 533. The molecule has 1 aliphatic heterocycles. The molecule has 1 N–H and O–H groups in total. The molecular formula is C16H17NO. The molecule has 18 heavy (non-hydrogen) atoms. The number of nitrogens with one attached hydrogen (secondary N) is 1. The first-order valence-corrected chi connectivity index (χ1v) is 6.35. The quantitative estimate of drug-likeness (QED) is 0.860. The van der Waals surface area contributed by atoms with Gasteiger partial charge in [-0.2, -0.15) is 0 Å². The van der Waals surface area contributed by atoms with E-state index < -0.39 is 0 Å². The lowest BCUT2D eigenvalue weighted by molar-refractivity contribution is 0.414. The fourth-order valence-corrected chi connectivity index (χ4v) is 2.53. The van der Waals surface area contributed by atoms with Crippen molar-refractivity contribution < 1.29 is 4.74 Å². The van der Waals surface area contributed by atoms with E-state index in [1.54, 1.807) is 7.11 Å². The molecule has 0 saturated carbocycles. The lowest BCUT2D eigenvalue weighted by Gasteiger charge is -2.27. The number of hydrogen-bond donors (Lipinski definition) is 1. The number of benzene rings is 2. The van der Waals surface area contributed by atoms with Gasteiger partial charge in [-0.15, -0.1) is 0 Å². The number of fused-ring (bicyclic) bond motifs is 1. The molecule has 0 aliphatic carbocycles. The van der Waals surface area contributed by atoms with Crippen LogP contribution in [0.2, 0.25) is 0 Å². The first kappa shape index (κ1) is 11.1. The van der Waals surface area contributed by atoms with Crippen molar-refractivity contribution in [2.75, 3.05) is 12.4 Å². The van der Waals surface area contributed by atoms with E-state index in [9.17, 15) is 0 Å². The van der Waals surface area contributed by atoms with Gasteiger partial charge in [-0.1, -0.05) is 30.3 Å². The average molecular weight is 239 g/mol. The average Bonchev–Trinajstić information content (AvgIpc) is 2.47. The van der Waals surface area contributed by atoms with Crippen molar-refractivity contribution in [3.05, 3.63) is 59.7 Å². The SMILES string of the molecule is COc1ccc([C@H]2CCc3ccccc3N2)cc1. The summed E-state index contributed by atoms with van der Waals surface area (Å²) in [5.41, 5.74) is 4.01. The zero-order valence-corrected chi connectivity index (χ0v) is 10.5. The molecule has 0 spiro atoms. The van der Waals surface area contributed by atoms with E-state index in [1.807, 2.05) is 12.1 Å². The van der Waals surface area contributed by atoms with Crippen LogP contribution in [0.1, 0.15) is 23.6 Å². The maximum Gasteiger partial charge on any atom is 0.118 e. The zero-order valence-electron chi connectivity index (χ0n) is 10.5. The molecule has 92 valence electrons. The van der Waals surface area contributed by atoms with Gasteiger partial charge < -0.3 is 10.1 Å². The number of rotatable bonds is 2. The smallest absolute Gasteiger partial charge is 0.118 e. The predicted molar refractivity (Wildman–Crippen MR) is 74.1 cm³/mol. The van der Waals surface area contributed by atoms with Crippen LogP contribution < -0.4 is 10.1 Å². The standard InChI is InChI=1S/C16H17NO/c1-18-14-9-6-13(7-10-14)16-11-8-12-4-2-3-5-15(12)17-16/h2-7,9-10,16-17H,8,11H2,1H3/t16-/m1/s1. The van der Waals surface area contributed by atoms with E-state index in [-0.39, 0.29) is 0 Å². The van der Waals surface area contributed by atoms with Gasteiger partial charge in [0.1, 0.15) is 5.75 Å². The summed E-state index contributed by atoms with van der Waals surface area (Å²) in [5.74, 6) is 0.912. The summed E-state index contributed by atoms with van der Waals surface area (Å²) in [6, 6.07) is 17.3. The van der Waals surface area contributed by atoms with E-state index >= 15 is 0 Å². The second-order valence-corrected chi connectivity index (χ2v) is 4.67. The maximum atomic E-state index is 5.19.